The number of aromatic nitrogens is 1. The Bertz CT molecular complexity index is 543. The number of likely N-dealkylation sites (tertiary alicyclic amines) is 1. The first-order chi connectivity index (χ1) is 10.0. The van der Waals surface area contributed by atoms with E-state index < -0.39 is 11.0 Å². The molecule has 2 heterocycles. The Morgan fingerprint density at radius 1 is 1.38 bits per heavy atom. The number of hydrogen-bond acceptors (Lipinski definition) is 6. The molecule has 8 nitrogen and oxygen atoms in total. The molecule has 0 bridgehead atoms. The summed E-state index contributed by atoms with van der Waals surface area (Å²) in [5.41, 5.74) is -0.0716. The summed E-state index contributed by atoms with van der Waals surface area (Å²) in [6.07, 6.45) is 2.05. The largest absolute Gasteiger partial charge is 0.373 e. The molecule has 2 N–H and O–H groups in total. The molecule has 2 rings (SSSR count). The third kappa shape index (κ3) is 3.59. The smallest absolute Gasteiger partial charge is 0.276 e. The van der Waals surface area contributed by atoms with E-state index in [2.05, 4.69) is 15.6 Å². The molecular weight excluding hydrogens is 274 g/mol. The van der Waals surface area contributed by atoms with E-state index in [9.17, 15) is 14.9 Å². The fourth-order valence-corrected chi connectivity index (χ4v) is 2.32. The van der Waals surface area contributed by atoms with Gasteiger partial charge in [-0.3, -0.25) is 14.9 Å². The standard InChI is InChI=1S/C13H19N5O3/c1-9(13(19)17-5-3-4-6-17)15-12-8-10(18(20)21)7-11(14-2)16-12/h7-9H,3-6H2,1-2H3,(H2,14,15,16). The van der Waals surface area contributed by atoms with E-state index in [0.29, 0.717) is 11.6 Å². The first kappa shape index (κ1) is 15.0. The molecule has 0 spiro atoms. The van der Waals surface area contributed by atoms with Gasteiger partial charge in [0.05, 0.1) is 17.1 Å². The van der Waals surface area contributed by atoms with Gasteiger partial charge < -0.3 is 15.5 Å². The fraction of sp³-hybridized carbons (Fsp3) is 0.538. The van der Waals surface area contributed by atoms with Crippen molar-refractivity contribution in [3.8, 4) is 0 Å². The first-order valence-corrected chi connectivity index (χ1v) is 6.91. The maximum absolute atomic E-state index is 12.2. The van der Waals surface area contributed by atoms with Gasteiger partial charge in [-0.15, -0.1) is 0 Å². The molecule has 1 saturated heterocycles. The number of hydrogen-bond donors (Lipinski definition) is 2. The van der Waals surface area contributed by atoms with Crippen molar-refractivity contribution in [2.45, 2.75) is 25.8 Å². The SMILES string of the molecule is CNc1cc([N+](=O)[O-])cc(NC(C)C(=O)N2CCCC2)n1. The van der Waals surface area contributed by atoms with Crippen molar-refractivity contribution in [3.63, 3.8) is 0 Å². The van der Waals surface area contributed by atoms with Gasteiger partial charge in [-0.25, -0.2) is 4.98 Å². The van der Waals surface area contributed by atoms with Crippen molar-refractivity contribution >= 4 is 23.2 Å². The van der Waals surface area contributed by atoms with Crippen LogP contribution in [0.2, 0.25) is 0 Å². The number of anilines is 2. The molecule has 1 aromatic heterocycles. The van der Waals surface area contributed by atoms with E-state index in [1.54, 1.807) is 18.9 Å². The van der Waals surface area contributed by atoms with Crippen LogP contribution in [0.1, 0.15) is 19.8 Å². The van der Waals surface area contributed by atoms with Crippen LogP contribution in [0.5, 0.6) is 0 Å². The summed E-state index contributed by atoms with van der Waals surface area (Å²) in [5, 5.41) is 16.6. The van der Waals surface area contributed by atoms with E-state index >= 15 is 0 Å². The van der Waals surface area contributed by atoms with Crippen molar-refractivity contribution < 1.29 is 9.72 Å². The second kappa shape index (κ2) is 6.38. The van der Waals surface area contributed by atoms with Gasteiger partial charge in [0.25, 0.3) is 5.69 Å². The summed E-state index contributed by atoms with van der Waals surface area (Å²) < 4.78 is 0. The number of rotatable bonds is 5. The highest BCUT2D eigenvalue weighted by molar-refractivity contribution is 5.84. The average molecular weight is 293 g/mol. The van der Waals surface area contributed by atoms with Crippen LogP contribution in [0.3, 0.4) is 0 Å². The lowest BCUT2D eigenvalue weighted by atomic mass is 10.2. The fourth-order valence-electron chi connectivity index (χ4n) is 2.32. The number of carbonyl (C=O) groups is 1. The third-order valence-corrected chi connectivity index (χ3v) is 3.43. The maximum Gasteiger partial charge on any atom is 0.276 e. The Balaban J connectivity index is 2.12. The minimum atomic E-state index is -0.485. The topological polar surface area (TPSA) is 100 Å². The molecule has 8 heteroatoms. The number of amides is 1. The molecule has 0 radical (unpaired) electrons. The predicted octanol–water partition coefficient (Wildman–Crippen LogP) is 1.45. The average Bonchev–Trinajstić information content (AvgIpc) is 3.00. The van der Waals surface area contributed by atoms with Gasteiger partial charge in [-0.05, 0) is 19.8 Å². The van der Waals surface area contributed by atoms with Gasteiger partial charge in [0.1, 0.15) is 17.7 Å². The second-order valence-electron chi connectivity index (χ2n) is 5.00. The first-order valence-electron chi connectivity index (χ1n) is 6.91. The van der Waals surface area contributed by atoms with E-state index in [-0.39, 0.29) is 11.6 Å². The molecule has 1 unspecified atom stereocenters. The molecule has 21 heavy (non-hydrogen) atoms. The summed E-state index contributed by atoms with van der Waals surface area (Å²) in [7, 11) is 1.63. The molecule has 0 aliphatic carbocycles. The zero-order valence-corrected chi connectivity index (χ0v) is 12.1. The number of nitrogens with one attached hydrogen (secondary N) is 2. The molecule has 1 amide bonds. The van der Waals surface area contributed by atoms with Gasteiger partial charge in [0.15, 0.2) is 0 Å². The zero-order valence-electron chi connectivity index (χ0n) is 12.1. The van der Waals surface area contributed by atoms with E-state index in [4.69, 9.17) is 0 Å². The second-order valence-corrected chi connectivity index (χ2v) is 5.00. The minimum absolute atomic E-state index is 0.00758. The van der Waals surface area contributed by atoms with Gasteiger partial charge in [0.2, 0.25) is 5.91 Å². The molecule has 0 aromatic carbocycles. The highest BCUT2D eigenvalue weighted by Crippen LogP contribution is 2.21. The van der Waals surface area contributed by atoms with Crippen molar-refractivity contribution in [1.82, 2.24) is 9.88 Å². The Morgan fingerprint density at radius 2 is 2.00 bits per heavy atom. The predicted molar refractivity (Wildman–Crippen MR) is 79.3 cm³/mol. The van der Waals surface area contributed by atoms with Gasteiger partial charge in [-0.1, -0.05) is 0 Å². The van der Waals surface area contributed by atoms with Crippen LogP contribution in [0.4, 0.5) is 17.3 Å². The highest BCUT2D eigenvalue weighted by atomic mass is 16.6. The van der Waals surface area contributed by atoms with Gasteiger partial charge in [-0.2, -0.15) is 0 Å². The lowest BCUT2D eigenvalue weighted by Gasteiger charge is -2.21. The molecule has 114 valence electrons. The number of pyridine rings is 1. The van der Waals surface area contributed by atoms with Crippen LogP contribution >= 0.6 is 0 Å². The molecular formula is C13H19N5O3. The lowest BCUT2D eigenvalue weighted by molar-refractivity contribution is -0.384. The van der Waals surface area contributed by atoms with Crippen molar-refractivity contribution in [1.29, 1.82) is 0 Å². The van der Waals surface area contributed by atoms with Crippen LogP contribution in [0.25, 0.3) is 0 Å². The summed E-state index contributed by atoms with van der Waals surface area (Å²) in [4.78, 5) is 28.6. The monoisotopic (exact) mass is 293 g/mol. The van der Waals surface area contributed by atoms with Crippen LogP contribution in [0.15, 0.2) is 12.1 Å². The number of nitro groups is 1. The van der Waals surface area contributed by atoms with Gasteiger partial charge in [0, 0.05) is 20.1 Å². The van der Waals surface area contributed by atoms with Crippen molar-refractivity contribution in [3.05, 3.63) is 22.2 Å². The minimum Gasteiger partial charge on any atom is -0.373 e. The van der Waals surface area contributed by atoms with Crippen LogP contribution < -0.4 is 10.6 Å². The van der Waals surface area contributed by atoms with E-state index in [0.717, 1.165) is 25.9 Å². The summed E-state index contributed by atoms with van der Waals surface area (Å²) in [5.74, 6) is 0.688. The number of carbonyl (C=O) groups excluding carboxylic acids is 1. The molecule has 1 aromatic rings. The Hall–Kier alpha value is -2.38. The maximum atomic E-state index is 12.2. The summed E-state index contributed by atoms with van der Waals surface area (Å²) in [6, 6.07) is 2.20. The molecule has 1 aliphatic rings. The zero-order chi connectivity index (χ0) is 15.4. The highest BCUT2D eigenvalue weighted by Gasteiger charge is 2.24. The van der Waals surface area contributed by atoms with Crippen LogP contribution in [-0.2, 0) is 4.79 Å². The van der Waals surface area contributed by atoms with Crippen LogP contribution in [-0.4, -0.2) is 46.9 Å². The quantitative estimate of drug-likeness (QED) is 0.629. The van der Waals surface area contributed by atoms with E-state index in [1.807, 2.05) is 0 Å². The summed E-state index contributed by atoms with van der Waals surface area (Å²) in [6.45, 7) is 3.28. The molecule has 1 aliphatic heterocycles. The van der Waals surface area contributed by atoms with Gasteiger partial charge >= 0.3 is 0 Å². The van der Waals surface area contributed by atoms with Crippen molar-refractivity contribution in [2.24, 2.45) is 0 Å². The number of nitrogens with zero attached hydrogens (tertiary/aromatic N) is 3. The normalized spacial score (nSPS) is 15.6. The molecule has 1 atom stereocenters. The Morgan fingerprint density at radius 3 is 2.57 bits per heavy atom. The molecule has 1 fully saturated rings. The third-order valence-electron chi connectivity index (χ3n) is 3.43. The van der Waals surface area contributed by atoms with Crippen molar-refractivity contribution in [2.75, 3.05) is 30.8 Å². The lowest BCUT2D eigenvalue weighted by Crippen LogP contribution is -2.39. The Kier molecular flexibility index (Phi) is 4.56. The van der Waals surface area contributed by atoms with E-state index in [1.165, 1.54) is 12.1 Å². The molecule has 0 saturated carbocycles. The Labute approximate surface area is 122 Å². The summed E-state index contributed by atoms with van der Waals surface area (Å²) >= 11 is 0. The van der Waals surface area contributed by atoms with Crippen LogP contribution in [0, 0.1) is 10.1 Å².